The molecule has 1 saturated heterocycles. The highest BCUT2D eigenvalue weighted by Crippen LogP contribution is 2.05. The zero-order chi connectivity index (χ0) is 10.8. The number of nitrogens with one attached hydrogen (secondary N) is 2. The average Bonchev–Trinajstić information content (AvgIpc) is 2.70. The van der Waals surface area contributed by atoms with Gasteiger partial charge in [-0.15, -0.1) is 0 Å². The normalized spacial score (nSPS) is 20.7. The highest BCUT2D eigenvalue weighted by atomic mass is 16.5. The number of aromatic nitrogens is 1. The van der Waals surface area contributed by atoms with E-state index in [4.69, 9.17) is 4.52 Å². The summed E-state index contributed by atoms with van der Waals surface area (Å²) in [5.41, 5.74) is 0.791. The Morgan fingerprint density at radius 1 is 1.67 bits per heavy atom. The number of hydrogen-bond acceptors (Lipinski definition) is 5. The Hall–Kier alpha value is -1.69. The molecule has 80 valence electrons. The summed E-state index contributed by atoms with van der Waals surface area (Å²) in [6, 6.07) is 1.32. The van der Waals surface area contributed by atoms with Crippen molar-refractivity contribution < 1.29 is 14.1 Å². The van der Waals surface area contributed by atoms with Gasteiger partial charge in [0.25, 0.3) is 0 Å². The summed E-state index contributed by atoms with van der Waals surface area (Å²) in [4.78, 5) is 22.0. The number of aryl methyl sites for hydroxylation is 1. The molecule has 2 heterocycles. The molecular weight excluding hydrogens is 198 g/mol. The van der Waals surface area contributed by atoms with Crippen LogP contribution in [0.3, 0.4) is 0 Å². The van der Waals surface area contributed by atoms with Crippen molar-refractivity contribution in [2.75, 3.05) is 0 Å². The molecule has 1 aromatic rings. The van der Waals surface area contributed by atoms with Crippen molar-refractivity contribution in [1.29, 1.82) is 0 Å². The zero-order valence-electron chi connectivity index (χ0n) is 8.24. The van der Waals surface area contributed by atoms with Gasteiger partial charge in [0.2, 0.25) is 11.8 Å². The molecule has 0 bridgehead atoms. The van der Waals surface area contributed by atoms with Crippen molar-refractivity contribution in [2.24, 2.45) is 0 Å². The molecule has 1 aliphatic rings. The second-order valence-electron chi connectivity index (χ2n) is 3.48. The fourth-order valence-corrected chi connectivity index (χ4v) is 1.44. The molecule has 0 saturated carbocycles. The van der Waals surface area contributed by atoms with Crippen LogP contribution in [0.4, 0.5) is 0 Å². The van der Waals surface area contributed by atoms with E-state index in [-0.39, 0.29) is 18.2 Å². The average molecular weight is 209 g/mol. The number of carbonyl (C=O) groups is 2. The molecule has 1 fully saturated rings. The number of nitrogens with zero attached hydrogens (tertiary/aromatic N) is 1. The van der Waals surface area contributed by atoms with E-state index in [1.807, 2.05) is 6.92 Å². The Bertz CT molecular complexity index is 399. The fourth-order valence-electron chi connectivity index (χ4n) is 1.44. The first-order valence-corrected chi connectivity index (χ1v) is 4.64. The van der Waals surface area contributed by atoms with Crippen LogP contribution in [0.5, 0.6) is 0 Å². The van der Waals surface area contributed by atoms with Gasteiger partial charge >= 0.3 is 0 Å². The van der Waals surface area contributed by atoms with Crippen LogP contribution in [-0.2, 0) is 16.1 Å². The van der Waals surface area contributed by atoms with Crippen molar-refractivity contribution in [3.05, 3.63) is 17.5 Å². The lowest BCUT2D eigenvalue weighted by Gasteiger charge is -2.05. The van der Waals surface area contributed by atoms with Gasteiger partial charge < -0.3 is 4.52 Å². The van der Waals surface area contributed by atoms with Crippen molar-refractivity contribution in [1.82, 2.24) is 15.8 Å². The number of amides is 2. The summed E-state index contributed by atoms with van der Waals surface area (Å²) in [5.74, 6) is 0.127. The molecule has 2 amide bonds. The van der Waals surface area contributed by atoms with Gasteiger partial charge in [0.05, 0.1) is 24.7 Å². The molecule has 0 radical (unpaired) electrons. The quantitative estimate of drug-likeness (QED) is 0.655. The van der Waals surface area contributed by atoms with Crippen LogP contribution in [-0.4, -0.2) is 23.0 Å². The first kappa shape index (κ1) is 9.85. The van der Waals surface area contributed by atoms with Gasteiger partial charge in [-0.3, -0.25) is 20.2 Å². The van der Waals surface area contributed by atoms with Crippen LogP contribution < -0.4 is 10.6 Å². The Balaban J connectivity index is 1.88. The highest BCUT2D eigenvalue weighted by Gasteiger charge is 2.29. The number of carbonyl (C=O) groups excluding carboxylic acids is 2. The Labute approximate surface area is 86.0 Å². The summed E-state index contributed by atoms with van der Waals surface area (Å²) in [6.07, 6.45) is 0.186. The maximum atomic E-state index is 11.2. The maximum Gasteiger partial charge on any atom is 0.244 e. The van der Waals surface area contributed by atoms with Gasteiger partial charge in [0.1, 0.15) is 0 Å². The third-order valence-electron chi connectivity index (χ3n) is 2.17. The predicted octanol–water partition coefficient (Wildman–Crippen LogP) is -0.512. The SMILES string of the molecule is Cc1cc(CNC2CC(=O)NC2=O)on1. The van der Waals surface area contributed by atoms with Crippen LogP contribution in [0.2, 0.25) is 0 Å². The fraction of sp³-hybridized carbons (Fsp3) is 0.444. The topological polar surface area (TPSA) is 84.2 Å². The minimum absolute atomic E-state index is 0.186. The molecule has 15 heavy (non-hydrogen) atoms. The van der Waals surface area contributed by atoms with E-state index in [2.05, 4.69) is 15.8 Å². The molecule has 2 N–H and O–H groups in total. The van der Waals surface area contributed by atoms with E-state index < -0.39 is 6.04 Å². The van der Waals surface area contributed by atoms with Crippen LogP contribution >= 0.6 is 0 Å². The second-order valence-corrected chi connectivity index (χ2v) is 3.48. The third-order valence-corrected chi connectivity index (χ3v) is 2.17. The molecule has 6 nitrogen and oxygen atoms in total. The van der Waals surface area contributed by atoms with Gasteiger partial charge in [-0.1, -0.05) is 5.16 Å². The summed E-state index contributed by atoms with van der Waals surface area (Å²) in [7, 11) is 0. The minimum atomic E-state index is -0.456. The van der Waals surface area contributed by atoms with E-state index in [9.17, 15) is 9.59 Å². The smallest absolute Gasteiger partial charge is 0.244 e. The van der Waals surface area contributed by atoms with E-state index >= 15 is 0 Å². The number of hydrogen-bond donors (Lipinski definition) is 2. The molecule has 0 aromatic carbocycles. The Morgan fingerprint density at radius 2 is 2.47 bits per heavy atom. The summed E-state index contributed by atoms with van der Waals surface area (Å²) in [5, 5.41) is 8.86. The lowest BCUT2D eigenvalue weighted by Crippen LogP contribution is -2.35. The molecular formula is C9H11N3O3. The number of rotatable bonds is 3. The molecule has 2 rings (SSSR count). The summed E-state index contributed by atoms with van der Waals surface area (Å²) < 4.78 is 4.96. The van der Waals surface area contributed by atoms with Crippen LogP contribution in [0.1, 0.15) is 17.9 Å². The van der Waals surface area contributed by atoms with Gasteiger partial charge in [-0.05, 0) is 6.92 Å². The zero-order valence-corrected chi connectivity index (χ0v) is 8.24. The van der Waals surface area contributed by atoms with Crippen LogP contribution in [0.15, 0.2) is 10.6 Å². The maximum absolute atomic E-state index is 11.2. The van der Waals surface area contributed by atoms with Crippen molar-refractivity contribution in [2.45, 2.75) is 25.9 Å². The monoisotopic (exact) mass is 209 g/mol. The lowest BCUT2D eigenvalue weighted by molar-refractivity contribution is -0.125. The van der Waals surface area contributed by atoms with Crippen LogP contribution in [0.25, 0.3) is 0 Å². The van der Waals surface area contributed by atoms with E-state index in [1.54, 1.807) is 6.07 Å². The molecule has 0 aliphatic carbocycles. The van der Waals surface area contributed by atoms with E-state index in [0.717, 1.165) is 5.69 Å². The highest BCUT2D eigenvalue weighted by molar-refractivity contribution is 6.05. The minimum Gasteiger partial charge on any atom is -0.360 e. The molecule has 1 unspecified atom stereocenters. The number of imide groups is 1. The molecule has 6 heteroatoms. The van der Waals surface area contributed by atoms with Gasteiger partial charge in [-0.2, -0.15) is 0 Å². The molecule has 0 spiro atoms. The Kier molecular flexibility index (Phi) is 2.51. The van der Waals surface area contributed by atoms with Crippen LogP contribution in [0, 0.1) is 6.92 Å². The van der Waals surface area contributed by atoms with Crippen molar-refractivity contribution >= 4 is 11.8 Å². The Morgan fingerprint density at radius 3 is 3.00 bits per heavy atom. The first-order valence-electron chi connectivity index (χ1n) is 4.64. The van der Waals surface area contributed by atoms with Gasteiger partial charge in [0.15, 0.2) is 5.76 Å². The van der Waals surface area contributed by atoms with Crippen molar-refractivity contribution in [3.63, 3.8) is 0 Å². The summed E-state index contributed by atoms with van der Waals surface area (Å²) in [6.45, 7) is 2.21. The molecule has 1 aromatic heterocycles. The lowest BCUT2D eigenvalue weighted by atomic mass is 10.2. The predicted molar refractivity (Wildman–Crippen MR) is 49.6 cm³/mol. The van der Waals surface area contributed by atoms with Gasteiger partial charge in [-0.25, -0.2) is 0 Å². The van der Waals surface area contributed by atoms with Gasteiger partial charge in [0, 0.05) is 6.07 Å². The van der Waals surface area contributed by atoms with E-state index in [0.29, 0.717) is 12.3 Å². The third kappa shape index (κ3) is 2.21. The first-order chi connectivity index (χ1) is 7.15. The second kappa shape index (κ2) is 3.82. The largest absolute Gasteiger partial charge is 0.360 e. The summed E-state index contributed by atoms with van der Waals surface area (Å²) >= 11 is 0. The molecule has 1 aliphatic heterocycles. The standard InChI is InChI=1S/C9H11N3O3/c1-5-2-6(15-12-5)4-10-7-3-8(13)11-9(7)14/h2,7,10H,3-4H2,1H3,(H,11,13,14). The van der Waals surface area contributed by atoms with Crippen molar-refractivity contribution in [3.8, 4) is 0 Å². The molecule has 1 atom stereocenters. The van der Waals surface area contributed by atoms with E-state index in [1.165, 1.54) is 0 Å².